The van der Waals surface area contributed by atoms with Crippen LogP contribution in [0.4, 0.5) is 10.5 Å². The van der Waals surface area contributed by atoms with Crippen LogP contribution in [-0.4, -0.2) is 108 Å². The van der Waals surface area contributed by atoms with Crippen LogP contribution in [0.25, 0.3) is 11.0 Å². The molecule has 2 saturated heterocycles. The Balaban J connectivity index is 1.36. The van der Waals surface area contributed by atoms with Crippen LogP contribution in [0, 0.1) is 6.92 Å². The number of furan rings is 1. The minimum Gasteiger partial charge on any atom is -0.461 e. The number of aliphatic imine (C=N–C) groups is 1. The van der Waals surface area contributed by atoms with Crippen LogP contribution in [-0.2, 0) is 9.59 Å². The number of amides is 6. The van der Waals surface area contributed by atoms with E-state index in [9.17, 15) is 24.0 Å². The third-order valence-electron chi connectivity index (χ3n) is 8.36. The molecule has 2 aromatic heterocycles. The second-order valence-corrected chi connectivity index (χ2v) is 12.2. The van der Waals surface area contributed by atoms with E-state index in [2.05, 4.69) is 20.9 Å². The molecule has 1 aromatic carbocycles. The van der Waals surface area contributed by atoms with E-state index in [1.54, 1.807) is 31.1 Å². The number of hydrogen-bond donors (Lipinski definition) is 4. The highest BCUT2D eigenvalue weighted by Gasteiger charge is 2.33. The summed E-state index contributed by atoms with van der Waals surface area (Å²) in [7, 11) is 3.22. The fourth-order valence-electron chi connectivity index (χ4n) is 5.92. The molecule has 0 saturated carbocycles. The third kappa shape index (κ3) is 8.27. The van der Waals surface area contributed by atoms with Crippen LogP contribution in [0.15, 0.2) is 52.0 Å². The largest absolute Gasteiger partial charge is 0.461 e. The van der Waals surface area contributed by atoms with Crippen molar-refractivity contribution in [3.63, 3.8) is 0 Å². The first kappa shape index (κ1) is 33.9. The van der Waals surface area contributed by atoms with Crippen LogP contribution >= 0.6 is 0 Å². The van der Waals surface area contributed by atoms with Gasteiger partial charge in [-0.15, -0.1) is 0 Å². The predicted octanol–water partition coefficient (Wildman–Crippen LogP) is 2.08. The number of pyridine rings is 1. The molecule has 254 valence electrons. The topological polar surface area (TPSA) is 196 Å². The number of anilines is 1. The molecule has 5 rings (SSSR count). The Kier molecular flexibility index (Phi) is 10.6. The number of primary amides is 1. The number of carbonyl (C=O) groups is 5. The van der Waals surface area contributed by atoms with E-state index in [1.807, 2.05) is 19.1 Å². The molecule has 4 heterocycles. The Morgan fingerprint density at radius 1 is 1.06 bits per heavy atom. The molecular weight excluding hydrogens is 618 g/mol. The number of likely N-dealkylation sites (tertiary alicyclic amines) is 2. The van der Waals surface area contributed by atoms with Gasteiger partial charge in [-0.2, -0.15) is 0 Å². The van der Waals surface area contributed by atoms with E-state index in [-0.39, 0.29) is 54.1 Å². The normalized spacial score (nSPS) is 18.4. The van der Waals surface area contributed by atoms with Crippen molar-refractivity contribution in [3.05, 3.63) is 59.6 Å². The van der Waals surface area contributed by atoms with Crippen molar-refractivity contribution < 1.29 is 28.4 Å². The average molecular weight is 660 g/mol. The van der Waals surface area contributed by atoms with E-state index >= 15 is 0 Å². The Labute approximate surface area is 277 Å². The van der Waals surface area contributed by atoms with Crippen molar-refractivity contribution in [2.75, 3.05) is 45.6 Å². The molecule has 2 atom stereocenters. The van der Waals surface area contributed by atoms with Crippen LogP contribution in [0.3, 0.4) is 0 Å². The predicted molar refractivity (Wildman–Crippen MR) is 178 cm³/mol. The summed E-state index contributed by atoms with van der Waals surface area (Å²) in [4.78, 5) is 77.5. The molecule has 2 unspecified atom stereocenters. The summed E-state index contributed by atoms with van der Waals surface area (Å²) in [5.74, 6) is -0.591. The maximum atomic E-state index is 13.8. The summed E-state index contributed by atoms with van der Waals surface area (Å²) in [6.45, 7) is 2.91. The van der Waals surface area contributed by atoms with E-state index in [4.69, 9.17) is 15.1 Å². The van der Waals surface area contributed by atoms with Crippen LogP contribution in [0.1, 0.15) is 58.7 Å². The molecule has 0 bridgehead atoms. The van der Waals surface area contributed by atoms with E-state index in [1.165, 1.54) is 28.1 Å². The lowest BCUT2D eigenvalue weighted by Crippen LogP contribution is -2.49. The van der Waals surface area contributed by atoms with Gasteiger partial charge < -0.3 is 35.5 Å². The molecule has 2 fully saturated rings. The van der Waals surface area contributed by atoms with Crippen molar-refractivity contribution in [2.24, 2.45) is 10.7 Å². The lowest BCUT2D eigenvalue weighted by atomic mass is 10.1. The lowest BCUT2D eigenvalue weighted by Gasteiger charge is -2.29. The Bertz CT molecular complexity index is 1720. The molecule has 0 spiro atoms. The second kappa shape index (κ2) is 15.0. The summed E-state index contributed by atoms with van der Waals surface area (Å²) in [5.41, 5.74) is 6.90. The van der Waals surface area contributed by atoms with Gasteiger partial charge in [0.25, 0.3) is 11.8 Å². The summed E-state index contributed by atoms with van der Waals surface area (Å²) in [5, 5.41) is 9.34. The van der Waals surface area contributed by atoms with E-state index < -0.39 is 18.0 Å². The molecule has 2 aliphatic heterocycles. The zero-order valence-corrected chi connectivity index (χ0v) is 27.3. The van der Waals surface area contributed by atoms with Crippen molar-refractivity contribution in [2.45, 2.75) is 51.1 Å². The maximum Gasteiger partial charge on any atom is 0.312 e. The number of fused-ring (bicyclic) bond motifs is 1. The Morgan fingerprint density at radius 2 is 1.88 bits per heavy atom. The first-order chi connectivity index (χ1) is 23.0. The Morgan fingerprint density at radius 3 is 2.60 bits per heavy atom. The number of aryl methyl sites for hydroxylation is 1. The van der Waals surface area contributed by atoms with Gasteiger partial charge in [0.15, 0.2) is 0 Å². The van der Waals surface area contributed by atoms with Crippen molar-refractivity contribution in [1.29, 1.82) is 0 Å². The fourth-order valence-corrected chi connectivity index (χ4v) is 5.92. The SMILES string of the molecule is Cc1cc2cc(NC(=NC3CCCCN(CC(=O)N4CCCC4CNC(N)=O)C3=O)NC(=O)c3ccc(C(=O)N(C)C)nc3)ccc2o1. The lowest BCUT2D eigenvalue weighted by molar-refractivity contribution is -0.141. The molecule has 0 aliphatic carbocycles. The summed E-state index contributed by atoms with van der Waals surface area (Å²) < 4.78 is 5.68. The number of hydrogen-bond acceptors (Lipinski definition) is 8. The summed E-state index contributed by atoms with van der Waals surface area (Å²) >= 11 is 0. The Hall–Kier alpha value is -5.47. The zero-order valence-electron chi connectivity index (χ0n) is 27.3. The van der Waals surface area contributed by atoms with Gasteiger partial charge in [-0.3, -0.25) is 29.5 Å². The van der Waals surface area contributed by atoms with E-state index in [0.29, 0.717) is 43.6 Å². The molecule has 48 heavy (non-hydrogen) atoms. The summed E-state index contributed by atoms with van der Waals surface area (Å²) in [6, 6.07) is 8.55. The fraction of sp³-hybridized carbons (Fsp3) is 0.424. The zero-order chi connectivity index (χ0) is 34.4. The standard InChI is InChI=1S/C33H41N9O6/c1-20-15-22-16-23(10-12-27(22)48-20)37-33(39-29(44)21-9-11-25(35-17-21)30(45)40(2)3)38-26-8-4-5-13-41(31(26)46)19-28(43)42-14-6-7-24(42)18-36-32(34)47/h9-12,15-17,24,26H,4-8,13-14,18-19H2,1-3H3,(H3,34,36,47)(H2,37,38,39,44). The number of urea groups is 1. The quantitative estimate of drug-likeness (QED) is 0.208. The number of nitrogens with one attached hydrogen (secondary N) is 3. The number of benzene rings is 1. The molecule has 15 nitrogen and oxygen atoms in total. The van der Waals surface area contributed by atoms with Gasteiger partial charge >= 0.3 is 6.03 Å². The molecule has 5 N–H and O–H groups in total. The number of nitrogens with zero attached hydrogens (tertiary/aromatic N) is 5. The van der Waals surface area contributed by atoms with Gasteiger partial charge in [-0.1, -0.05) is 0 Å². The number of aromatic nitrogens is 1. The van der Waals surface area contributed by atoms with Gasteiger partial charge in [0, 0.05) is 57.0 Å². The van der Waals surface area contributed by atoms with Gasteiger partial charge in [0.05, 0.1) is 12.1 Å². The van der Waals surface area contributed by atoms with Crippen molar-refractivity contribution >= 4 is 52.3 Å². The number of rotatable bonds is 8. The van der Waals surface area contributed by atoms with Crippen molar-refractivity contribution in [3.8, 4) is 0 Å². The first-order valence-corrected chi connectivity index (χ1v) is 15.9. The molecule has 2 aliphatic rings. The van der Waals surface area contributed by atoms with E-state index in [0.717, 1.165) is 24.0 Å². The number of nitrogens with two attached hydrogens (primary N) is 1. The van der Waals surface area contributed by atoms with Crippen LogP contribution < -0.4 is 21.7 Å². The van der Waals surface area contributed by atoms with Crippen molar-refractivity contribution in [1.82, 2.24) is 30.3 Å². The molecule has 3 aromatic rings. The van der Waals surface area contributed by atoms with Gasteiger partial charge in [-0.05, 0) is 75.4 Å². The highest BCUT2D eigenvalue weighted by Crippen LogP contribution is 2.23. The van der Waals surface area contributed by atoms with Gasteiger partial charge in [0.2, 0.25) is 17.8 Å². The van der Waals surface area contributed by atoms with Crippen LogP contribution in [0.5, 0.6) is 0 Å². The second-order valence-electron chi connectivity index (χ2n) is 12.2. The molecule has 15 heteroatoms. The number of guanidine groups is 1. The average Bonchev–Trinajstić information content (AvgIpc) is 3.64. The monoisotopic (exact) mass is 659 g/mol. The molecule has 6 amide bonds. The minimum absolute atomic E-state index is 0.0386. The number of carbonyl (C=O) groups excluding carboxylic acids is 5. The third-order valence-corrected chi connectivity index (χ3v) is 8.36. The molecular formula is C33H41N9O6. The van der Waals surface area contributed by atoms with Gasteiger partial charge in [0.1, 0.15) is 23.1 Å². The maximum absolute atomic E-state index is 13.8. The minimum atomic E-state index is -0.868. The van der Waals surface area contributed by atoms with Crippen LogP contribution in [0.2, 0.25) is 0 Å². The first-order valence-electron chi connectivity index (χ1n) is 15.9. The smallest absolute Gasteiger partial charge is 0.312 e. The van der Waals surface area contributed by atoms with Gasteiger partial charge in [-0.25, -0.2) is 9.79 Å². The highest BCUT2D eigenvalue weighted by atomic mass is 16.3. The summed E-state index contributed by atoms with van der Waals surface area (Å²) in [6.07, 6.45) is 4.62. The highest BCUT2D eigenvalue weighted by molar-refractivity contribution is 6.11. The molecule has 0 radical (unpaired) electrons.